The summed E-state index contributed by atoms with van der Waals surface area (Å²) in [6, 6.07) is 16.6. The number of esters is 1. The third-order valence-corrected chi connectivity index (χ3v) is 4.56. The van der Waals surface area contributed by atoms with Gasteiger partial charge in [0.2, 0.25) is 0 Å². The van der Waals surface area contributed by atoms with Crippen molar-refractivity contribution in [2.24, 2.45) is 0 Å². The predicted molar refractivity (Wildman–Crippen MR) is 128 cm³/mol. The Labute approximate surface area is 202 Å². The number of para-hydroxylation sites is 1. The summed E-state index contributed by atoms with van der Waals surface area (Å²) in [6.45, 7) is 4.30. The number of benzene rings is 2. The maximum atomic E-state index is 12.4. The molecular weight excluding hydrogens is 454 g/mol. The number of aromatic nitrogens is 2. The van der Waals surface area contributed by atoms with Crippen molar-refractivity contribution in [3.8, 4) is 17.2 Å². The molecule has 0 saturated heterocycles. The van der Waals surface area contributed by atoms with E-state index in [1.807, 2.05) is 32.0 Å². The maximum Gasteiger partial charge on any atom is 0.359 e. The van der Waals surface area contributed by atoms with Crippen LogP contribution in [0.1, 0.15) is 24.3 Å². The molecule has 10 heteroatoms. The van der Waals surface area contributed by atoms with Crippen LogP contribution in [0.5, 0.6) is 17.2 Å². The van der Waals surface area contributed by atoms with Crippen LogP contribution in [0.4, 0.5) is 5.69 Å². The van der Waals surface area contributed by atoms with E-state index in [1.165, 1.54) is 12.1 Å². The summed E-state index contributed by atoms with van der Waals surface area (Å²) in [5.41, 5.74) is -0.108. The van der Waals surface area contributed by atoms with Gasteiger partial charge in [-0.15, -0.1) is 0 Å². The van der Waals surface area contributed by atoms with Crippen LogP contribution in [0.2, 0.25) is 0 Å². The van der Waals surface area contributed by atoms with Crippen LogP contribution in [0.3, 0.4) is 0 Å². The fourth-order valence-electron chi connectivity index (χ4n) is 3.02. The van der Waals surface area contributed by atoms with Crippen LogP contribution in [0, 0.1) is 0 Å². The average Bonchev–Trinajstić information content (AvgIpc) is 2.86. The monoisotopic (exact) mass is 481 g/mol. The van der Waals surface area contributed by atoms with Crippen molar-refractivity contribution >= 4 is 17.6 Å². The van der Waals surface area contributed by atoms with E-state index >= 15 is 0 Å². The highest BCUT2D eigenvalue weighted by Crippen LogP contribution is 2.29. The van der Waals surface area contributed by atoms with Crippen molar-refractivity contribution in [3.05, 3.63) is 76.7 Å². The van der Waals surface area contributed by atoms with Crippen LogP contribution >= 0.6 is 0 Å². The first-order valence-electron chi connectivity index (χ1n) is 11.1. The Kier molecular flexibility index (Phi) is 9.23. The van der Waals surface area contributed by atoms with Crippen molar-refractivity contribution < 1.29 is 28.5 Å². The van der Waals surface area contributed by atoms with Crippen LogP contribution in [-0.4, -0.2) is 48.1 Å². The lowest BCUT2D eigenvalue weighted by Crippen LogP contribution is -2.28. The van der Waals surface area contributed by atoms with Gasteiger partial charge in [0.1, 0.15) is 23.9 Å². The molecule has 0 aliphatic rings. The Morgan fingerprint density at radius 2 is 1.69 bits per heavy atom. The second kappa shape index (κ2) is 12.8. The molecule has 1 amide bonds. The summed E-state index contributed by atoms with van der Waals surface area (Å²) in [4.78, 5) is 36.9. The van der Waals surface area contributed by atoms with Gasteiger partial charge in [0.15, 0.2) is 12.3 Å². The van der Waals surface area contributed by atoms with Crippen molar-refractivity contribution in [2.45, 2.75) is 20.4 Å². The van der Waals surface area contributed by atoms with E-state index in [0.717, 1.165) is 4.68 Å². The molecule has 3 aromatic rings. The zero-order chi connectivity index (χ0) is 25.0. The van der Waals surface area contributed by atoms with Gasteiger partial charge < -0.3 is 24.3 Å². The van der Waals surface area contributed by atoms with Crippen molar-refractivity contribution in [3.63, 3.8) is 0 Å². The van der Waals surface area contributed by atoms with E-state index in [1.54, 1.807) is 30.3 Å². The fraction of sp³-hybridized carbons (Fsp3) is 0.280. The Balaban J connectivity index is 1.57. The summed E-state index contributed by atoms with van der Waals surface area (Å²) in [5, 5.41) is 6.67. The van der Waals surface area contributed by atoms with Crippen LogP contribution < -0.4 is 25.1 Å². The van der Waals surface area contributed by atoms with Gasteiger partial charge in [-0.25, -0.2) is 9.48 Å². The molecule has 35 heavy (non-hydrogen) atoms. The SMILES string of the molecule is CCOc1ccc(OCC)c(NC(=O)COC(=O)c2ccc(=O)n(CCOc3ccccc3)n2)c1. The minimum Gasteiger partial charge on any atom is -0.494 e. The van der Waals surface area contributed by atoms with E-state index in [9.17, 15) is 14.4 Å². The van der Waals surface area contributed by atoms with Crippen LogP contribution in [-0.2, 0) is 16.1 Å². The van der Waals surface area contributed by atoms with Gasteiger partial charge in [0.25, 0.3) is 11.5 Å². The first-order valence-corrected chi connectivity index (χ1v) is 11.1. The molecule has 0 aliphatic heterocycles. The Morgan fingerprint density at radius 1 is 0.914 bits per heavy atom. The molecule has 3 rings (SSSR count). The summed E-state index contributed by atoms with van der Waals surface area (Å²) >= 11 is 0. The van der Waals surface area contributed by atoms with E-state index < -0.39 is 24.0 Å². The number of anilines is 1. The normalized spacial score (nSPS) is 10.3. The lowest BCUT2D eigenvalue weighted by molar-refractivity contribution is -0.119. The zero-order valence-electron chi connectivity index (χ0n) is 19.6. The zero-order valence-corrected chi connectivity index (χ0v) is 19.6. The number of hydrogen-bond acceptors (Lipinski definition) is 8. The van der Waals surface area contributed by atoms with Gasteiger partial charge in [-0.05, 0) is 44.2 Å². The molecule has 0 saturated carbocycles. The predicted octanol–water partition coefficient (Wildman–Crippen LogP) is 2.92. The summed E-state index contributed by atoms with van der Waals surface area (Å²) in [6.07, 6.45) is 0. The van der Waals surface area contributed by atoms with E-state index in [2.05, 4.69) is 10.4 Å². The van der Waals surface area contributed by atoms with Crippen molar-refractivity contribution in [1.29, 1.82) is 0 Å². The second-order valence-corrected chi connectivity index (χ2v) is 7.09. The molecule has 2 aromatic carbocycles. The molecule has 0 spiro atoms. The average molecular weight is 482 g/mol. The lowest BCUT2D eigenvalue weighted by Gasteiger charge is -2.13. The maximum absolute atomic E-state index is 12.4. The first kappa shape index (κ1) is 25.3. The number of rotatable bonds is 12. The highest BCUT2D eigenvalue weighted by atomic mass is 16.5. The number of hydrogen-bond donors (Lipinski definition) is 1. The minimum atomic E-state index is -0.842. The standard InChI is InChI=1S/C25H27N3O7/c1-3-32-19-10-12-22(33-4-2)21(16-19)26-23(29)17-35-25(31)20-11-13-24(30)28(27-20)14-15-34-18-8-6-5-7-9-18/h5-13,16H,3-4,14-15,17H2,1-2H3,(H,26,29). The molecule has 1 heterocycles. The minimum absolute atomic E-state index is 0.106. The van der Waals surface area contributed by atoms with Gasteiger partial charge >= 0.3 is 5.97 Å². The molecule has 1 aromatic heterocycles. The van der Waals surface area contributed by atoms with E-state index in [-0.39, 0.29) is 18.8 Å². The van der Waals surface area contributed by atoms with Crippen LogP contribution in [0.25, 0.3) is 0 Å². The highest BCUT2D eigenvalue weighted by molar-refractivity contribution is 5.96. The molecule has 184 valence electrons. The fourth-order valence-corrected chi connectivity index (χ4v) is 3.02. The smallest absolute Gasteiger partial charge is 0.359 e. The molecule has 0 atom stereocenters. The molecule has 0 unspecified atom stereocenters. The number of carbonyl (C=O) groups excluding carboxylic acids is 2. The number of ether oxygens (including phenoxy) is 4. The molecule has 10 nitrogen and oxygen atoms in total. The van der Waals surface area contributed by atoms with Crippen molar-refractivity contribution in [2.75, 3.05) is 31.7 Å². The molecule has 1 N–H and O–H groups in total. The Hall–Kier alpha value is -4.34. The first-order chi connectivity index (χ1) is 17.0. The third kappa shape index (κ3) is 7.60. The molecule has 0 fully saturated rings. The summed E-state index contributed by atoms with van der Waals surface area (Å²) in [7, 11) is 0. The molecular formula is C25H27N3O7. The van der Waals surface area contributed by atoms with E-state index in [0.29, 0.717) is 36.1 Å². The van der Waals surface area contributed by atoms with Crippen molar-refractivity contribution in [1.82, 2.24) is 9.78 Å². The van der Waals surface area contributed by atoms with Gasteiger partial charge in [0.05, 0.1) is 25.4 Å². The van der Waals surface area contributed by atoms with Gasteiger partial charge in [-0.2, -0.15) is 5.10 Å². The Bertz CT molecular complexity index is 1200. The largest absolute Gasteiger partial charge is 0.494 e. The number of nitrogens with zero attached hydrogens (tertiary/aromatic N) is 2. The van der Waals surface area contributed by atoms with Gasteiger partial charge in [-0.3, -0.25) is 9.59 Å². The molecule has 0 radical (unpaired) electrons. The topological polar surface area (TPSA) is 118 Å². The van der Waals surface area contributed by atoms with Crippen LogP contribution in [0.15, 0.2) is 65.5 Å². The quantitative estimate of drug-likeness (QED) is 0.393. The molecule has 0 bridgehead atoms. The van der Waals surface area contributed by atoms with E-state index in [4.69, 9.17) is 18.9 Å². The van der Waals surface area contributed by atoms with Gasteiger partial charge in [-0.1, -0.05) is 18.2 Å². The summed E-state index contributed by atoms with van der Waals surface area (Å²) < 4.78 is 22.7. The summed E-state index contributed by atoms with van der Waals surface area (Å²) in [5.74, 6) is 0.262. The number of nitrogens with one attached hydrogen (secondary N) is 1. The van der Waals surface area contributed by atoms with Gasteiger partial charge in [0, 0.05) is 12.1 Å². The second-order valence-electron chi connectivity index (χ2n) is 7.09. The lowest BCUT2D eigenvalue weighted by atomic mass is 10.2. The highest BCUT2D eigenvalue weighted by Gasteiger charge is 2.15. The molecule has 0 aliphatic carbocycles. The third-order valence-electron chi connectivity index (χ3n) is 4.56. The number of amides is 1. The Morgan fingerprint density at radius 3 is 2.43 bits per heavy atom. The number of carbonyl (C=O) groups is 2.